The van der Waals surface area contributed by atoms with Crippen molar-refractivity contribution in [1.82, 2.24) is 19.9 Å². The van der Waals surface area contributed by atoms with Crippen LogP contribution in [0.25, 0.3) is 11.0 Å². The largest absolute Gasteiger partial charge is 0.361 e. The molecule has 0 atom stereocenters. The molecule has 0 aliphatic heterocycles. The zero-order chi connectivity index (χ0) is 10.1. The summed E-state index contributed by atoms with van der Waals surface area (Å²) in [5.41, 5.74) is 1.45. The molecule has 0 saturated heterocycles. The molecule has 0 spiro atoms. The third-order valence-electron chi connectivity index (χ3n) is 1.84. The number of hydrogen-bond acceptors (Lipinski definition) is 3. The number of aromatic nitrogens is 3. The molecule has 72 valence electrons. The Bertz CT molecular complexity index is 441. The lowest BCUT2D eigenvalue weighted by Crippen LogP contribution is -2.28. The lowest BCUT2D eigenvalue weighted by molar-refractivity contribution is 0.212. The van der Waals surface area contributed by atoms with Gasteiger partial charge in [-0.3, -0.25) is 0 Å². The molecule has 0 saturated carbocycles. The molecule has 5 nitrogen and oxygen atoms in total. The SMILES string of the molecule is CN(C)C(=O)n1nc2ccccc2n1. The summed E-state index contributed by atoms with van der Waals surface area (Å²) in [6.45, 7) is 0. The first-order valence-electron chi connectivity index (χ1n) is 4.22. The van der Waals surface area contributed by atoms with E-state index in [4.69, 9.17) is 0 Å². The van der Waals surface area contributed by atoms with Crippen LogP contribution in [-0.4, -0.2) is 40.0 Å². The van der Waals surface area contributed by atoms with Crippen LogP contribution in [0.15, 0.2) is 24.3 Å². The highest BCUT2D eigenvalue weighted by Gasteiger charge is 2.10. The molecule has 1 heterocycles. The normalized spacial score (nSPS) is 10.4. The number of carbonyl (C=O) groups is 1. The Kier molecular flexibility index (Phi) is 1.92. The molecule has 5 heteroatoms. The lowest BCUT2D eigenvalue weighted by atomic mass is 10.3. The Balaban J connectivity index is 2.50. The Morgan fingerprint density at radius 1 is 1.21 bits per heavy atom. The van der Waals surface area contributed by atoms with Crippen molar-refractivity contribution in [1.29, 1.82) is 0 Å². The predicted octanol–water partition coefficient (Wildman–Crippen LogP) is 0.961. The average molecular weight is 190 g/mol. The van der Waals surface area contributed by atoms with E-state index >= 15 is 0 Å². The van der Waals surface area contributed by atoms with Gasteiger partial charge in [0.05, 0.1) is 0 Å². The lowest BCUT2D eigenvalue weighted by Gasteiger charge is -2.06. The number of fused-ring (bicyclic) bond motifs is 1. The van der Waals surface area contributed by atoms with E-state index < -0.39 is 0 Å². The fourth-order valence-electron chi connectivity index (χ4n) is 1.12. The maximum Gasteiger partial charge on any atom is 0.361 e. The van der Waals surface area contributed by atoms with Gasteiger partial charge in [0.1, 0.15) is 11.0 Å². The molecule has 2 rings (SSSR count). The van der Waals surface area contributed by atoms with Crippen LogP contribution >= 0.6 is 0 Å². The second-order valence-electron chi connectivity index (χ2n) is 3.16. The molecule has 0 bridgehead atoms. The van der Waals surface area contributed by atoms with Crippen molar-refractivity contribution in [3.05, 3.63) is 24.3 Å². The van der Waals surface area contributed by atoms with E-state index in [0.717, 1.165) is 15.8 Å². The molecule has 1 aromatic carbocycles. The topological polar surface area (TPSA) is 51.0 Å². The van der Waals surface area contributed by atoms with Crippen LogP contribution in [0.3, 0.4) is 0 Å². The van der Waals surface area contributed by atoms with Gasteiger partial charge in [0.15, 0.2) is 0 Å². The summed E-state index contributed by atoms with van der Waals surface area (Å²) in [7, 11) is 3.33. The van der Waals surface area contributed by atoms with Gasteiger partial charge in [0.25, 0.3) is 0 Å². The first-order chi connectivity index (χ1) is 6.68. The average Bonchev–Trinajstić information content (AvgIpc) is 2.59. The van der Waals surface area contributed by atoms with Crippen molar-refractivity contribution in [3.63, 3.8) is 0 Å². The summed E-state index contributed by atoms with van der Waals surface area (Å²) in [6, 6.07) is 7.12. The Labute approximate surface area is 80.9 Å². The molecule has 2 aromatic rings. The van der Waals surface area contributed by atoms with Gasteiger partial charge >= 0.3 is 6.03 Å². The minimum atomic E-state index is -0.249. The standard InChI is InChI=1S/C9H10N4O/c1-12(2)9(14)13-10-7-5-3-4-6-8(7)11-13/h3-6H,1-2H3. The fraction of sp³-hybridized carbons (Fsp3) is 0.222. The number of hydrogen-bond donors (Lipinski definition) is 0. The zero-order valence-electron chi connectivity index (χ0n) is 8.01. The smallest absolute Gasteiger partial charge is 0.328 e. The second kappa shape index (κ2) is 3.10. The van der Waals surface area contributed by atoms with Crippen LogP contribution in [0.1, 0.15) is 0 Å². The fourth-order valence-corrected chi connectivity index (χ4v) is 1.12. The molecule has 0 unspecified atom stereocenters. The molecular weight excluding hydrogens is 180 g/mol. The van der Waals surface area contributed by atoms with Gasteiger partial charge in [-0.15, -0.1) is 10.2 Å². The summed E-state index contributed by atoms with van der Waals surface area (Å²) >= 11 is 0. The maximum atomic E-state index is 11.5. The van der Waals surface area contributed by atoms with E-state index in [1.54, 1.807) is 14.1 Å². The maximum absolute atomic E-state index is 11.5. The second-order valence-corrected chi connectivity index (χ2v) is 3.16. The van der Waals surface area contributed by atoms with Crippen LogP contribution in [0.5, 0.6) is 0 Å². The number of amides is 1. The van der Waals surface area contributed by atoms with E-state index in [0.29, 0.717) is 0 Å². The van der Waals surface area contributed by atoms with Crippen molar-refractivity contribution in [2.24, 2.45) is 0 Å². The molecule has 1 amide bonds. The van der Waals surface area contributed by atoms with Gasteiger partial charge < -0.3 is 4.90 Å². The van der Waals surface area contributed by atoms with Crippen LogP contribution in [0.2, 0.25) is 0 Å². The van der Waals surface area contributed by atoms with Gasteiger partial charge in [0, 0.05) is 14.1 Å². The van der Waals surface area contributed by atoms with Crippen LogP contribution in [0.4, 0.5) is 4.79 Å². The number of nitrogens with zero attached hydrogens (tertiary/aromatic N) is 4. The monoisotopic (exact) mass is 190 g/mol. The number of rotatable bonds is 0. The summed E-state index contributed by atoms with van der Waals surface area (Å²) in [4.78, 5) is 14.0. The van der Waals surface area contributed by atoms with E-state index in [2.05, 4.69) is 10.2 Å². The molecule has 1 aromatic heterocycles. The highest BCUT2D eigenvalue weighted by atomic mass is 16.2. The molecule has 14 heavy (non-hydrogen) atoms. The van der Waals surface area contributed by atoms with E-state index in [9.17, 15) is 4.79 Å². The summed E-state index contributed by atoms with van der Waals surface area (Å²) < 4.78 is 0. The van der Waals surface area contributed by atoms with Crippen LogP contribution < -0.4 is 0 Å². The Morgan fingerprint density at radius 3 is 2.14 bits per heavy atom. The third kappa shape index (κ3) is 1.32. The van der Waals surface area contributed by atoms with Crippen molar-refractivity contribution < 1.29 is 4.79 Å². The van der Waals surface area contributed by atoms with E-state index in [1.165, 1.54) is 4.90 Å². The molecule has 0 aliphatic rings. The van der Waals surface area contributed by atoms with Gasteiger partial charge in [-0.05, 0) is 12.1 Å². The minimum Gasteiger partial charge on any atom is -0.328 e. The summed E-state index contributed by atoms with van der Waals surface area (Å²) in [5.74, 6) is 0. The molecule has 0 N–H and O–H groups in total. The van der Waals surface area contributed by atoms with Crippen molar-refractivity contribution in [2.45, 2.75) is 0 Å². The minimum absolute atomic E-state index is 0.249. The summed E-state index contributed by atoms with van der Waals surface area (Å²) in [5, 5.41) is 8.10. The van der Waals surface area contributed by atoms with E-state index in [-0.39, 0.29) is 6.03 Å². The van der Waals surface area contributed by atoms with Crippen LogP contribution in [-0.2, 0) is 0 Å². The Morgan fingerprint density at radius 2 is 1.71 bits per heavy atom. The highest BCUT2D eigenvalue weighted by Crippen LogP contribution is 2.06. The number of benzene rings is 1. The third-order valence-corrected chi connectivity index (χ3v) is 1.84. The van der Waals surface area contributed by atoms with Gasteiger partial charge in [-0.1, -0.05) is 16.9 Å². The van der Waals surface area contributed by atoms with Gasteiger partial charge in [0.2, 0.25) is 0 Å². The molecule has 0 radical (unpaired) electrons. The van der Waals surface area contributed by atoms with Gasteiger partial charge in [-0.25, -0.2) is 4.79 Å². The molecular formula is C9H10N4O. The molecule has 0 aliphatic carbocycles. The zero-order valence-corrected chi connectivity index (χ0v) is 8.01. The van der Waals surface area contributed by atoms with Gasteiger partial charge in [-0.2, -0.15) is 0 Å². The van der Waals surface area contributed by atoms with Crippen molar-refractivity contribution >= 4 is 17.1 Å². The highest BCUT2D eigenvalue weighted by molar-refractivity contribution is 5.79. The quantitative estimate of drug-likeness (QED) is 0.621. The molecule has 0 fully saturated rings. The first kappa shape index (κ1) is 8.68. The predicted molar refractivity (Wildman–Crippen MR) is 52.0 cm³/mol. The van der Waals surface area contributed by atoms with Crippen molar-refractivity contribution in [2.75, 3.05) is 14.1 Å². The number of carbonyl (C=O) groups excluding carboxylic acids is 1. The van der Waals surface area contributed by atoms with Crippen LogP contribution in [0, 0.1) is 0 Å². The summed E-state index contributed by atoms with van der Waals surface area (Å²) in [6.07, 6.45) is 0. The van der Waals surface area contributed by atoms with Crippen molar-refractivity contribution in [3.8, 4) is 0 Å². The Hall–Kier alpha value is -1.91. The first-order valence-corrected chi connectivity index (χ1v) is 4.22. The van der Waals surface area contributed by atoms with E-state index in [1.807, 2.05) is 24.3 Å².